The van der Waals surface area contributed by atoms with E-state index < -0.39 is 5.60 Å². The smallest absolute Gasteiger partial charge is 0.410 e. The van der Waals surface area contributed by atoms with Crippen molar-refractivity contribution >= 4 is 23.3 Å². The molecule has 4 rings (SSSR count). The van der Waals surface area contributed by atoms with Crippen LogP contribution in [0.5, 0.6) is 0 Å². The van der Waals surface area contributed by atoms with E-state index in [9.17, 15) is 9.59 Å². The van der Waals surface area contributed by atoms with Crippen LogP contribution in [-0.4, -0.2) is 54.4 Å². The third-order valence-corrected chi connectivity index (χ3v) is 8.63. The summed E-state index contributed by atoms with van der Waals surface area (Å²) < 4.78 is 11.6. The molecule has 1 aromatic carbocycles. The van der Waals surface area contributed by atoms with E-state index in [2.05, 4.69) is 44.2 Å². The van der Waals surface area contributed by atoms with E-state index >= 15 is 0 Å². The van der Waals surface area contributed by atoms with Crippen LogP contribution in [0.4, 0.5) is 4.79 Å². The highest BCUT2D eigenvalue weighted by molar-refractivity contribution is 6.06. The molecule has 3 aliphatic heterocycles. The Bertz CT molecular complexity index is 1160. The molecule has 2 unspecified atom stereocenters. The van der Waals surface area contributed by atoms with Crippen LogP contribution in [0.25, 0.3) is 5.70 Å². The molecule has 2 atom stereocenters. The highest BCUT2D eigenvalue weighted by Crippen LogP contribution is 2.36. The van der Waals surface area contributed by atoms with E-state index in [1.54, 1.807) is 0 Å². The third-order valence-electron chi connectivity index (χ3n) is 8.63. The van der Waals surface area contributed by atoms with Gasteiger partial charge in [0.25, 0.3) is 0 Å². The van der Waals surface area contributed by atoms with Gasteiger partial charge in [0.1, 0.15) is 11.4 Å². The van der Waals surface area contributed by atoms with E-state index in [-0.39, 0.29) is 6.09 Å². The number of carbonyl (C=O) groups excluding carboxylic acids is 2. The number of aryl methyl sites for hydroxylation is 1. The summed E-state index contributed by atoms with van der Waals surface area (Å²) >= 11 is 0. The summed E-state index contributed by atoms with van der Waals surface area (Å²) in [4.78, 5) is 32.5. The first-order valence-electron chi connectivity index (χ1n) is 16.3. The Morgan fingerprint density at radius 3 is 2.52 bits per heavy atom. The molecule has 0 spiro atoms. The lowest BCUT2D eigenvalue weighted by Crippen LogP contribution is -2.36. The first-order valence-corrected chi connectivity index (χ1v) is 16.3. The second-order valence-electron chi connectivity index (χ2n) is 13.3. The largest absolute Gasteiger partial charge is 0.444 e. The van der Waals surface area contributed by atoms with Crippen molar-refractivity contribution in [2.75, 3.05) is 26.3 Å². The van der Waals surface area contributed by atoms with Crippen molar-refractivity contribution < 1.29 is 19.1 Å². The number of aliphatic imine (C=N–C) groups is 1. The van der Waals surface area contributed by atoms with Crippen LogP contribution >= 0.6 is 0 Å². The van der Waals surface area contributed by atoms with Gasteiger partial charge in [-0.05, 0) is 93.9 Å². The standard InChI is InChI=1S/C36H52N2O4/c1-6-7-8-13-30(39)14-9-11-27-16-18-28(19-17-27)33-20-15-26(2)31-24-38(35(40)42-36(3,4)5)25-32(31)34(37-33)29-12-10-22-41-23-21-29/h16-20,26,29H,6-15,21-25H2,1-5H3. The summed E-state index contributed by atoms with van der Waals surface area (Å²) in [5, 5.41) is 0. The average molecular weight is 577 g/mol. The lowest BCUT2D eigenvalue weighted by atomic mass is 9.84. The number of benzene rings is 1. The normalized spacial score (nSPS) is 21.6. The topological polar surface area (TPSA) is 68.2 Å². The molecule has 42 heavy (non-hydrogen) atoms. The first kappa shape index (κ1) is 32.2. The molecular formula is C36H52N2O4. The first-order chi connectivity index (χ1) is 20.1. The van der Waals surface area contributed by atoms with Gasteiger partial charge in [-0.1, -0.05) is 57.0 Å². The fraction of sp³-hybridized carbons (Fsp3) is 0.639. The minimum atomic E-state index is -0.528. The van der Waals surface area contributed by atoms with Gasteiger partial charge in [-0.25, -0.2) is 4.79 Å². The van der Waals surface area contributed by atoms with Gasteiger partial charge in [0.05, 0.1) is 12.2 Å². The van der Waals surface area contributed by atoms with Crippen molar-refractivity contribution in [3.8, 4) is 0 Å². The minimum Gasteiger partial charge on any atom is -0.444 e. The summed E-state index contributed by atoms with van der Waals surface area (Å²) in [5.41, 5.74) is 6.55. The van der Waals surface area contributed by atoms with E-state index in [0.29, 0.717) is 37.1 Å². The molecule has 1 saturated heterocycles. The Hall–Kier alpha value is -2.73. The maximum Gasteiger partial charge on any atom is 0.410 e. The number of rotatable bonds is 10. The van der Waals surface area contributed by atoms with Crippen LogP contribution in [0.3, 0.4) is 0 Å². The number of nitrogens with zero attached hydrogens (tertiary/aromatic N) is 2. The van der Waals surface area contributed by atoms with Gasteiger partial charge in [-0.15, -0.1) is 0 Å². The number of Topliss-reactive ketones (excluding diaryl/α,β-unsaturated/α-hetero) is 1. The van der Waals surface area contributed by atoms with E-state index in [1.165, 1.54) is 16.7 Å². The number of hydrogen-bond acceptors (Lipinski definition) is 5. The molecule has 0 radical (unpaired) electrons. The van der Waals surface area contributed by atoms with Crippen LogP contribution in [0.2, 0.25) is 0 Å². The molecule has 0 saturated carbocycles. The molecule has 3 heterocycles. The monoisotopic (exact) mass is 576 g/mol. The summed E-state index contributed by atoms with van der Waals surface area (Å²) in [6.45, 7) is 12.9. The van der Waals surface area contributed by atoms with Gasteiger partial charge in [-0.2, -0.15) is 0 Å². The second kappa shape index (κ2) is 15.1. The molecule has 6 nitrogen and oxygen atoms in total. The Kier molecular flexibility index (Phi) is 11.6. The molecule has 0 aliphatic carbocycles. The molecule has 0 N–H and O–H groups in total. The Balaban J connectivity index is 1.53. The molecule has 230 valence electrons. The molecule has 0 aromatic heterocycles. The number of ether oxygens (including phenoxy) is 2. The molecule has 1 aromatic rings. The number of hydrogen-bond donors (Lipinski definition) is 0. The third kappa shape index (κ3) is 9.13. The quantitative estimate of drug-likeness (QED) is 0.263. The number of unbranched alkanes of at least 4 members (excludes halogenated alkanes) is 2. The predicted molar refractivity (Wildman–Crippen MR) is 171 cm³/mol. The van der Waals surface area contributed by atoms with E-state index in [4.69, 9.17) is 14.5 Å². The molecule has 1 fully saturated rings. The molecule has 6 heteroatoms. The fourth-order valence-corrected chi connectivity index (χ4v) is 6.20. The van der Waals surface area contributed by atoms with Crippen molar-refractivity contribution in [2.24, 2.45) is 16.8 Å². The van der Waals surface area contributed by atoms with Gasteiger partial charge < -0.3 is 9.47 Å². The van der Waals surface area contributed by atoms with Gasteiger partial charge in [0, 0.05) is 44.2 Å². The summed E-state index contributed by atoms with van der Waals surface area (Å²) in [7, 11) is 0. The summed E-state index contributed by atoms with van der Waals surface area (Å²) in [6.07, 6.45) is 12.4. The molecule has 3 aliphatic rings. The zero-order valence-electron chi connectivity index (χ0n) is 26.7. The van der Waals surface area contributed by atoms with Gasteiger partial charge >= 0.3 is 6.09 Å². The predicted octanol–water partition coefficient (Wildman–Crippen LogP) is 8.34. The fourth-order valence-electron chi connectivity index (χ4n) is 6.20. The number of ketones is 1. The Morgan fingerprint density at radius 2 is 1.79 bits per heavy atom. The van der Waals surface area contributed by atoms with Gasteiger partial charge in [0.15, 0.2) is 0 Å². The molecule has 0 bridgehead atoms. The van der Waals surface area contributed by atoms with E-state index in [0.717, 1.165) is 94.4 Å². The maximum absolute atomic E-state index is 13.1. The van der Waals surface area contributed by atoms with Crippen LogP contribution in [0, 0.1) is 11.8 Å². The highest BCUT2D eigenvalue weighted by Gasteiger charge is 2.36. The minimum absolute atomic E-state index is 0.253. The number of carbonyl (C=O) groups is 2. The van der Waals surface area contributed by atoms with Crippen molar-refractivity contribution in [2.45, 2.75) is 111 Å². The van der Waals surface area contributed by atoms with E-state index in [1.807, 2.05) is 25.7 Å². The van der Waals surface area contributed by atoms with Crippen LogP contribution in [0.15, 0.2) is 46.5 Å². The zero-order chi connectivity index (χ0) is 30.1. The van der Waals surface area contributed by atoms with Crippen molar-refractivity contribution in [3.05, 3.63) is 52.6 Å². The maximum atomic E-state index is 13.1. The lowest BCUT2D eigenvalue weighted by Gasteiger charge is -2.25. The Labute approximate surface area is 253 Å². The van der Waals surface area contributed by atoms with Gasteiger partial charge in [-0.3, -0.25) is 14.7 Å². The van der Waals surface area contributed by atoms with Crippen LogP contribution < -0.4 is 0 Å². The summed E-state index contributed by atoms with van der Waals surface area (Å²) in [6, 6.07) is 8.76. The average Bonchev–Trinajstić information content (AvgIpc) is 3.20. The summed E-state index contributed by atoms with van der Waals surface area (Å²) in [5.74, 6) is 1.01. The highest BCUT2D eigenvalue weighted by atomic mass is 16.6. The lowest BCUT2D eigenvalue weighted by molar-refractivity contribution is -0.119. The van der Waals surface area contributed by atoms with Crippen molar-refractivity contribution in [3.63, 3.8) is 0 Å². The van der Waals surface area contributed by atoms with Crippen LogP contribution in [-0.2, 0) is 20.7 Å². The SMILES string of the molecule is CCCCCC(=O)CCCc1ccc(C2=CCC(C)C3=C(CN(C(=O)OC(C)(C)C)C3)C(C3CCCOCC3)=N2)cc1. The van der Waals surface area contributed by atoms with Crippen LogP contribution in [0.1, 0.15) is 110 Å². The number of allylic oxidation sites excluding steroid dienone is 1. The molecule has 1 amide bonds. The molecular weight excluding hydrogens is 524 g/mol. The second-order valence-corrected chi connectivity index (χ2v) is 13.3. The van der Waals surface area contributed by atoms with Crippen molar-refractivity contribution in [1.29, 1.82) is 0 Å². The van der Waals surface area contributed by atoms with Gasteiger partial charge in [0.2, 0.25) is 0 Å². The number of amides is 1. The zero-order valence-corrected chi connectivity index (χ0v) is 26.7. The Morgan fingerprint density at radius 1 is 1.02 bits per heavy atom. The van der Waals surface area contributed by atoms with Crippen molar-refractivity contribution in [1.82, 2.24) is 4.90 Å².